The van der Waals surface area contributed by atoms with E-state index in [1.54, 1.807) is 60.7 Å². The second kappa shape index (κ2) is 15.9. The Labute approximate surface area is 275 Å². The molecule has 1 N–H and O–H groups in total. The minimum absolute atomic E-state index is 0.00373. The first kappa shape index (κ1) is 34.0. The molecule has 4 rings (SSSR count). The number of carbonyl (C=O) groups excluding carboxylic acids is 2. The van der Waals surface area contributed by atoms with Crippen LogP contribution in [0.2, 0.25) is 10.0 Å². The minimum atomic E-state index is -4.20. The number of unbranched alkanes of at least 4 members (excludes halogenated alkanes) is 1. The predicted molar refractivity (Wildman–Crippen MR) is 181 cm³/mol. The lowest BCUT2D eigenvalue weighted by Crippen LogP contribution is -2.53. The Bertz CT molecular complexity index is 1680. The van der Waals surface area contributed by atoms with Crippen molar-refractivity contribution in [2.75, 3.05) is 17.4 Å². The number of nitrogens with zero attached hydrogens (tertiary/aromatic N) is 2. The fraction of sp³-hybridized carbons (Fsp3) is 0.257. The fourth-order valence-electron chi connectivity index (χ4n) is 4.84. The van der Waals surface area contributed by atoms with E-state index in [2.05, 4.69) is 5.32 Å². The summed E-state index contributed by atoms with van der Waals surface area (Å²) in [5, 5.41) is 3.83. The lowest BCUT2D eigenvalue weighted by atomic mass is 10.0. The van der Waals surface area contributed by atoms with Gasteiger partial charge < -0.3 is 10.2 Å². The van der Waals surface area contributed by atoms with E-state index in [0.717, 1.165) is 28.3 Å². The molecular weight excluding hydrogens is 629 g/mol. The molecule has 0 saturated heterocycles. The van der Waals surface area contributed by atoms with Crippen molar-refractivity contribution in [1.82, 2.24) is 10.2 Å². The second-order valence-electron chi connectivity index (χ2n) is 10.8. The van der Waals surface area contributed by atoms with Crippen molar-refractivity contribution >= 4 is 50.7 Å². The molecule has 7 nitrogen and oxygen atoms in total. The summed E-state index contributed by atoms with van der Waals surface area (Å²) in [4.78, 5) is 29.7. The van der Waals surface area contributed by atoms with Gasteiger partial charge in [0.1, 0.15) is 12.6 Å². The van der Waals surface area contributed by atoms with E-state index < -0.39 is 28.5 Å². The van der Waals surface area contributed by atoms with Gasteiger partial charge in [-0.15, -0.1) is 0 Å². The van der Waals surface area contributed by atoms with Gasteiger partial charge in [-0.3, -0.25) is 13.9 Å². The largest absolute Gasteiger partial charge is 0.354 e. The van der Waals surface area contributed by atoms with Gasteiger partial charge >= 0.3 is 0 Å². The van der Waals surface area contributed by atoms with Gasteiger partial charge in [0.25, 0.3) is 10.0 Å². The number of rotatable bonds is 14. The number of sulfonamides is 1. The number of benzene rings is 4. The predicted octanol–water partition coefficient (Wildman–Crippen LogP) is 7.05. The maximum absolute atomic E-state index is 14.5. The summed E-state index contributed by atoms with van der Waals surface area (Å²) >= 11 is 12.7. The van der Waals surface area contributed by atoms with Crippen molar-refractivity contribution < 1.29 is 18.0 Å². The van der Waals surface area contributed by atoms with Gasteiger partial charge in [-0.05, 0) is 66.9 Å². The summed E-state index contributed by atoms with van der Waals surface area (Å²) in [6.07, 6.45) is 1.89. The van der Waals surface area contributed by atoms with Gasteiger partial charge in [0.15, 0.2) is 0 Å². The van der Waals surface area contributed by atoms with Crippen molar-refractivity contribution in [3.63, 3.8) is 0 Å². The van der Waals surface area contributed by atoms with Crippen LogP contribution in [0.4, 0.5) is 5.69 Å². The van der Waals surface area contributed by atoms with Crippen LogP contribution >= 0.6 is 23.2 Å². The number of aryl methyl sites for hydroxylation is 1. The summed E-state index contributed by atoms with van der Waals surface area (Å²) in [6, 6.07) is 28.3. The molecule has 0 saturated carbocycles. The summed E-state index contributed by atoms with van der Waals surface area (Å²) in [5.74, 6) is -0.890. The van der Waals surface area contributed by atoms with E-state index in [1.165, 1.54) is 17.0 Å². The fourth-order valence-corrected chi connectivity index (χ4v) is 6.58. The molecule has 0 bridgehead atoms. The van der Waals surface area contributed by atoms with Crippen LogP contribution in [0.5, 0.6) is 0 Å². The van der Waals surface area contributed by atoms with Crippen molar-refractivity contribution in [3.8, 4) is 0 Å². The molecular formula is C35H37Cl2N3O4S. The Morgan fingerprint density at radius 2 is 1.49 bits per heavy atom. The topological polar surface area (TPSA) is 86.8 Å². The van der Waals surface area contributed by atoms with Gasteiger partial charge in [0.05, 0.1) is 10.6 Å². The Balaban J connectivity index is 1.79. The normalized spacial score (nSPS) is 11.9. The minimum Gasteiger partial charge on any atom is -0.354 e. The van der Waals surface area contributed by atoms with E-state index in [-0.39, 0.29) is 29.5 Å². The van der Waals surface area contributed by atoms with Gasteiger partial charge in [0.2, 0.25) is 11.8 Å². The van der Waals surface area contributed by atoms with Crippen LogP contribution in [0.25, 0.3) is 0 Å². The third-order valence-corrected chi connectivity index (χ3v) is 9.81. The maximum atomic E-state index is 14.5. The Morgan fingerprint density at radius 1 is 0.844 bits per heavy atom. The number of hydrogen-bond acceptors (Lipinski definition) is 4. The third-order valence-electron chi connectivity index (χ3n) is 7.40. The zero-order valence-corrected chi connectivity index (χ0v) is 27.7. The molecule has 0 aliphatic carbocycles. The molecule has 4 aromatic rings. The van der Waals surface area contributed by atoms with Crippen LogP contribution in [-0.4, -0.2) is 44.3 Å². The summed E-state index contributed by atoms with van der Waals surface area (Å²) < 4.78 is 29.2. The molecule has 4 aromatic carbocycles. The Kier molecular flexibility index (Phi) is 12.0. The van der Waals surface area contributed by atoms with E-state index in [1.807, 2.05) is 44.2 Å². The number of halogens is 2. The van der Waals surface area contributed by atoms with Gasteiger partial charge in [-0.1, -0.05) is 103 Å². The highest BCUT2D eigenvalue weighted by Gasteiger charge is 2.34. The molecule has 2 amide bonds. The molecule has 0 spiro atoms. The molecule has 1 atom stereocenters. The lowest BCUT2D eigenvalue weighted by molar-refractivity contribution is -0.140. The molecule has 10 heteroatoms. The van der Waals surface area contributed by atoms with Crippen LogP contribution in [0.1, 0.15) is 36.5 Å². The highest BCUT2D eigenvalue weighted by atomic mass is 35.5. The quantitative estimate of drug-likeness (QED) is 0.146. The zero-order valence-electron chi connectivity index (χ0n) is 25.3. The third kappa shape index (κ3) is 9.10. The van der Waals surface area contributed by atoms with Crippen LogP contribution < -0.4 is 9.62 Å². The lowest BCUT2D eigenvalue weighted by Gasteiger charge is -2.34. The molecule has 0 heterocycles. The molecule has 0 radical (unpaired) electrons. The van der Waals surface area contributed by atoms with Gasteiger partial charge in [-0.25, -0.2) is 8.42 Å². The van der Waals surface area contributed by atoms with E-state index >= 15 is 0 Å². The first-order valence-electron chi connectivity index (χ1n) is 14.8. The van der Waals surface area contributed by atoms with E-state index in [9.17, 15) is 18.0 Å². The zero-order chi connectivity index (χ0) is 32.4. The van der Waals surface area contributed by atoms with Crippen LogP contribution in [0, 0.1) is 6.92 Å². The van der Waals surface area contributed by atoms with Crippen LogP contribution in [0.3, 0.4) is 0 Å². The molecule has 45 heavy (non-hydrogen) atoms. The standard InChI is InChI=1S/C35H37Cl2N3O4S/c1-3-4-22-38-35(42)33(23-27-10-6-5-7-11-27)39(24-28-12-8-9-13-32(28)37)34(41)25-40(30-18-16-29(36)17-19-30)45(43,44)31-20-14-26(2)15-21-31/h5-21,33H,3-4,22-25H2,1-2H3,(H,38,42)/t33-/m1/s1. The van der Waals surface area contributed by atoms with Crippen LogP contribution in [0.15, 0.2) is 108 Å². The summed E-state index contributed by atoms with van der Waals surface area (Å²) in [6.45, 7) is 3.78. The Hall–Kier alpha value is -3.85. The van der Waals surface area contributed by atoms with Gasteiger partial charge in [0, 0.05) is 29.6 Å². The van der Waals surface area contributed by atoms with Crippen molar-refractivity contribution in [2.24, 2.45) is 0 Å². The number of carbonyl (C=O) groups is 2. The van der Waals surface area contributed by atoms with Gasteiger partial charge in [-0.2, -0.15) is 0 Å². The van der Waals surface area contributed by atoms with Crippen molar-refractivity contribution in [1.29, 1.82) is 0 Å². The second-order valence-corrected chi connectivity index (χ2v) is 13.5. The molecule has 0 unspecified atom stereocenters. The highest BCUT2D eigenvalue weighted by molar-refractivity contribution is 7.92. The van der Waals surface area contributed by atoms with E-state index in [4.69, 9.17) is 23.2 Å². The number of hydrogen-bond donors (Lipinski definition) is 1. The van der Waals surface area contributed by atoms with Crippen molar-refractivity contribution in [2.45, 2.75) is 50.6 Å². The van der Waals surface area contributed by atoms with E-state index in [0.29, 0.717) is 22.2 Å². The Morgan fingerprint density at radius 3 is 2.13 bits per heavy atom. The number of amides is 2. The molecule has 236 valence electrons. The summed E-state index contributed by atoms with van der Waals surface area (Å²) in [5.41, 5.74) is 2.64. The summed E-state index contributed by atoms with van der Waals surface area (Å²) in [7, 11) is -4.20. The number of anilines is 1. The first-order valence-corrected chi connectivity index (χ1v) is 17.0. The van der Waals surface area contributed by atoms with Crippen LogP contribution in [-0.2, 0) is 32.6 Å². The molecule has 0 fully saturated rings. The highest BCUT2D eigenvalue weighted by Crippen LogP contribution is 2.27. The molecule has 0 aromatic heterocycles. The maximum Gasteiger partial charge on any atom is 0.264 e. The average molecular weight is 667 g/mol. The number of nitrogens with one attached hydrogen (secondary N) is 1. The van der Waals surface area contributed by atoms with Crippen molar-refractivity contribution in [3.05, 3.63) is 130 Å². The first-order chi connectivity index (χ1) is 21.6. The average Bonchev–Trinajstić information content (AvgIpc) is 3.03. The molecule has 0 aliphatic rings. The SMILES string of the molecule is CCCCNC(=O)[C@@H](Cc1ccccc1)N(Cc1ccccc1Cl)C(=O)CN(c1ccc(Cl)cc1)S(=O)(=O)c1ccc(C)cc1. The molecule has 0 aliphatic heterocycles. The smallest absolute Gasteiger partial charge is 0.264 e. The monoisotopic (exact) mass is 665 g/mol.